The van der Waals surface area contributed by atoms with E-state index >= 15 is 0 Å². The van der Waals surface area contributed by atoms with E-state index in [2.05, 4.69) is 5.10 Å². The summed E-state index contributed by atoms with van der Waals surface area (Å²) in [5.74, 6) is -1.07. The summed E-state index contributed by atoms with van der Waals surface area (Å²) in [6, 6.07) is 12.7. The quantitative estimate of drug-likeness (QED) is 0.880. The van der Waals surface area contributed by atoms with Gasteiger partial charge in [0.15, 0.2) is 0 Å². The van der Waals surface area contributed by atoms with Crippen molar-refractivity contribution >= 4 is 17.6 Å². The Hall–Kier alpha value is -3.15. The number of carboxylic acids is 1. The summed E-state index contributed by atoms with van der Waals surface area (Å²) in [6.07, 6.45) is 3.84. The second-order valence-corrected chi connectivity index (χ2v) is 5.00. The zero-order valence-electron chi connectivity index (χ0n) is 12.1. The molecule has 1 atom stereocenters. The van der Waals surface area contributed by atoms with Gasteiger partial charge in [-0.1, -0.05) is 30.3 Å². The van der Waals surface area contributed by atoms with E-state index in [1.54, 1.807) is 12.1 Å². The molecule has 6 nitrogen and oxygen atoms in total. The van der Waals surface area contributed by atoms with E-state index in [1.807, 2.05) is 30.3 Å². The lowest BCUT2D eigenvalue weighted by molar-refractivity contribution is -0.132. The van der Waals surface area contributed by atoms with Crippen molar-refractivity contribution in [2.75, 3.05) is 0 Å². The molecule has 0 bridgehead atoms. The minimum absolute atomic E-state index is 0.383. The Labute approximate surface area is 132 Å². The minimum Gasteiger partial charge on any atom is -0.478 e. The van der Waals surface area contributed by atoms with Gasteiger partial charge in [-0.25, -0.2) is 9.80 Å². The first-order valence-electron chi connectivity index (χ1n) is 7.05. The molecule has 0 spiro atoms. The van der Waals surface area contributed by atoms with Crippen molar-refractivity contribution < 1.29 is 19.1 Å². The van der Waals surface area contributed by atoms with E-state index in [0.717, 1.165) is 23.4 Å². The smallest absolute Gasteiger partial charge is 0.328 e. The van der Waals surface area contributed by atoms with Gasteiger partial charge in [0.1, 0.15) is 11.8 Å². The number of carboxylic acid groups (broad SMARTS) is 1. The van der Waals surface area contributed by atoms with Crippen LogP contribution in [0.1, 0.15) is 23.8 Å². The lowest BCUT2D eigenvalue weighted by Crippen LogP contribution is -2.25. The highest BCUT2D eigenvalue weighted by atomic mass is 16.4. The van der Waals surface area contributed by atoms with Crippen LogP contribution in [0.5, 0.6) is 0 Å². The first-order valence-corrected chi connectivity index (χ1v) is 7.05. The molecule has 0 saturated carbocycles. The van der Waals surface area contributed by atoms with Crippen LogP contribution >= 0.6 is 0 Å². The molecule has 1 N–H and O–H groups in total. The summed E-state index contributed by atoms with van der Waals surface area (Å²) in [7, 11) is 0. The number of aliphatic carboxylic acids is 1. The Kier molecular flexibility index (Phi) is 4.05. The van der Waals surface area contributed by atoms with Gasteiger partial charge in [0.25, 0.3) is 5.91 Å². The van der Waals surface area contributed by atoms with E-state index in [1.165, 1.54) is 11.3 Å². The highest BCUT2D eigenvalue weighted by Gasteiger charge is 2.33. The van der Waals surface area contributed by atoms with Crippen LogP contribution in [0.2, 0.25) is 0 Å². The van der Waals surface area contributed by atoms with Crippen molar-refractivity contribution in [1.82, 2.24) is 5.01 Å². The van der Waals surface area contributed by atoms with Gasteiger partial charge in [-0.15, -0.1) is 0 Å². The third-order valence-corrected chi connectivity index (χ3v) is 3.48. The molecule has 1 aliphatic heterocycles. The number of rotatable bonds is 4. The third kappa shape index (κ3) is 3.21. The molecule has 0 fully saturated rings. The highest BCUT2D eigenvalue weighted by Crippen LogP contribution is 2.33. The Morgan fingerprint density at radius 3 is 2.61 bits per heavy atom. The maximum absolute atomic E-state index is 12.3. The topological polar surface area (TPSA) is 83.1 Å². The standard InChI is InChI=1S/C17H14N2O4/c20-16(8-9-17(21)22)19-14(15-7-4-10-23-15)11-13(18-19)12-5-2-1-3-6-12/h1-10,14H,11H2,(H,21,22)/b9-8+/t14-/m0/s1. The van der Waals surface area contributed by atoms with Crippen molar-refractivity contribution in [3.05, 3.63) is 72.2 Å². The summed E-state index contributed by atoms with van der Waals surface area (Å²) in [4.78, 5) is 22.9. The van der Waals surface area contributed by atoms with Gasteiger partial charge in [-0.2, -0.15) is 5.10 Å². The van der Waals surface area contributed by atoms with Gasteiger partial charge in [0.2, 0.25) is 0 Å². The highest BCUT2D eigenvalue weighted by molar-refractivity contribution is 6.04. The van der Waals surface area contributed by atoms with Gasteiger partial charge in [-0.05, 0) is 17.7 Å². The summed E-state index contributed by atoms with van der Waals surface area (Å²) in [5, 5.41) is 14.3. The molecule has 1 amide bonds. The maximum Gasteiger partial charge on any atom is 0.328 e. The Bertz CT molecular complexity index is 763. The fraction of sp³-hybridized carbons (Fsp3) is 0.118. The minimum atomic E-state index is -1.18. The van der Waals surface area contributed by atoms with Crippen molar-refractivity contribution in [3.63, 3.8) is 0 Å². The Morgan fingerprint density at radius 2 is 1.96 bits per heavy atom. The number of carbonyl (C=O) groups is 2. The van der Waals surface area contributed by atoms with Crippen LogP contribution in [0.4, 0.5) is 0 Å². The molecule has 2 heterocycles. The van der Waals surface area contributed by atoms with Crippen LogP contribution in [0.3, 0.4) is 0 Å². The summed E-state index contributed by atoms with van der Waals surface area (Å²) >= 11 is 0. The number of benzene rings is 1. The number of carbonyl (C=O) groups excluding carboxylic acids is 1. The van der Waals surface area contributed by atoms with E-state index in [4.69, 9.17) is 9.52 Å². The van der Waals surface area contributed by atoms with Gasteiger partial charge in [-0.3, -0.25) is 4.79 Å². The van der Waals surface area contributed by atoms with Crippen LogP contribution in [0.15, 0.2) is 70.4 Å². The molecular formula is C17H14N2O4. The molecule has 0 radical (unpaired) electrons. The fourth-order valence-corrected chi connectivity index (χ4v) is 2.44. The molecule has 0 unspecified atom stereocenters. The van der Waals surface area contributed by atoms with E-state index < -0.39 is 11.9 Å². The second-order valence-electron chi connectivity index (χ2n) is 5.00. The van der Waals surface area contributed by atoms with Crippen molar-refractivity contribution in [2.45, 2.75) is 12.5 Å². The average Bonchev–Trinajstić information content (AvgIpc) is 3.22. The number of hydrogen-bond acceptors (Lipinski definition) is 4. The van der Waals surface area contributed by atoms with Crippen LogP contribution in [0.25, 0.3) is 0 Å². The number of furan rings is 1. The van der Waals surface area contributed by atoms with Crippen molar-refractivity contribution in [2.24, 2.45) is 5.10 Å². The van der Waals surface area contributed by atoms with Crippen LogP contribution < -0.4 is 0 Å². The summed E-state index contributed by atoms with van der Waals surface area (Å²) < 4.78 is 5.40. The van der Waals surface area contributed by atoms with E-state index in [9.17, 15) is 9.59 Å². The van der Waals surface area contributed by atoms with Crippen molar-refractivity contribution in [1.29, 1.82) is 0 Å². The van der Waals surface area contributed by atoms with Crippen LogP contribution in [-0.2, 0) is 9.59 Å². The molecule has 116 valence electrons. The Balaban J connectivity index is 1.92. The van der Waals surface area contributed by atoms with Gasteiger partial charge in [0.05, 0.1) is 12.0 Å². The first kappa shape index (κ1) is 14.8. The molecule has 6 heteroatoms. The summed E-state index contributed by atoms with van der Waals surface area (Å²) in [6.45, 7) is 0. The zero-order valence-corrected chi connectivity index (χ0v) is 12.1. The normalized spacial score (nSPS) is 17.5. The predicted molar refractivity (Wildman–Crippen MR) is 82.7 cm³/mol. The number of hydrazone groups is 1. The van der Waals surface area contributed by atoms with Gasteiger partial charge in [0, 0.05) is 18.6 Å². The lowest BCUT2D eigenvalue weighted by atomic mass is 10.0. The SMILES string of the molecule is O=C(O)/C=C/C(=O)N1N=C(c2ccccc2)C[C@H]1c1ccco1. The zero-order chi connectivity index (χ0) is 16.2. The van der Waals surface area contributed by atoms with Gasteiger partial charge < -0.3 is 9.52 Å². The molecule has 2 aromatic rings. The molecular weight excluding hydrogens is 296 g/mol. The van der Waals surface area contributed by atoms with Gasteiger partial charge >= 0.3 is 5.97 Å². The molecule has 1 aromatic carbocycles. The number of hydrogen-bond donors (Lipinski definition) is 1. The van der Waals surface area contributed by atoms with E-state index in [-0.39, 0.29) is 6.04 Å². The monoisotopic (exact) mass is 310 g/mol. The molecule has 1 aliphatic rings. The third-order valence-electron chi connectivity index (χ3n) is 3.48. The first-order chi connectivity index (χ1) is 11.1. The molecule has 0 saturated heterocycles. The largest absolute Gasteiger partial charge is 0.478 e. The molecule has 1 aromatic heterocycles. The average molecular weight is 310 g/mol. The van der Waals surface area contributed by atoms with E-state index in [0.29, 0.717) is 12.2 Å². The predicted octanol–water partition coefficient (Wildman–Crippen LogP) is 2.60. The summed E-state index contributed by atoms with van der Waals surface area (Å²) in [5.41, 5.74) is 1.67. The molecule has 23 heavy (non-hydrogen) atoms. The second kappa shape index (κ2) is 6.31. The van der Waals surface area contributed by atoms with Crippen molar-refractivity contribution in [3.8, 4) is 0 Å². The number of nitrogens with zero attached hydrogens (tertiary/aromatic N) is 2. The molecule has 3 rings (SSSR count). The van der Waals surface area contributed by atoms with Crippen LogP contribution in [-0.4, -0.2) is 27.7 Å². The maximum atomic E-state index is 12.3. The lowest BCUT2D eigenvalue weighted by Gasteiger charge is -2.17. The van der Waals surface area contributed by atoms with Crippen LogP contribution in [0, 0.1) is 0 Å². The number of amides is 1. The Morgan fingerprint density at radius 1 is 1.17 bits per heavy atom. The fourth-order valence-electron chi connectivity index (χ4n) is 2.44. The molecule has 0 aliphatic carbocycles.